The van der Waals surface area contributed by atoms with Crippen molar-refractivity contribution in [3.63, 3.8) is 0 Å². The molecule has 0 bridgehead atoms. The third-order valence-corrected chi connectivity index (χ3v) is 1.66. The number of anilines is 1. The quantitative estimate of drug-likeness (QED) is 0.784. The zero-order chi connectivity index (χ0) is 11.3. The summed E-state index contributed by atoms with van der Waals surface area (Å²) >= 11 is 0. The zero-order valence-corrected chi connectivity index (χ0v) is 8.32. The van der Waals surface area contributed by atoms with Gasteiger partial charge in [-0.1, -0.05) is 12.1 Å². The van der Waals surface area contributed by atoms with E-state index in [9.17, 15) is 9.59 Å². The van der Waals surface area contributed by atoms with Crippen molar-refractivity contribution in [1.82, 2.24) is 0 Å². The minimum absolute atomic E-state index is 0.129. The molecule has 5 nitrogen and oxygen atoms in total. The molecule has 0 unspecified atom stereocenters. The van der Waals surface area contributed by atoms with Gasteiger partial charge in [0.2, 0.25) is 5.91 Å². The molecule has 80 valence electrons. The van der Waals surface area contributed by atoms with Crippen molar-refractivity contribution in [2.45, 2.75) is 13.5 Å². The minimum atomic E-state index is -0.805. The van der Waals surface area contributed by atoms with E-state index in [2.05, 4.69) is 10.1 Å². The number of carbonyl (C=O) groups excluding carboxylic acids is 2. The van der Waals surface area contributed by atoms with E-state index in [1.165, 1.54) is 6.92 Å². The van der Waals surface area contributed by atoms with Crippen LogP contribution in [0.4, 0.5) is 10.5 Å². The monoisotopic (exact) mass is 208 g/mol. The number of primary amides is 1. The summed E-state index contributed by atoms with van der Waals surface area (Å²) in [5.74, 6) is -0.129. The van der Waals surface area contributed by atoms with Gasteiger partial charge in [0.25, 0.3) is 0 Å². The molecule has 15 heavy (non-hydrogen) atoms. The first-order chi connectivity index (χ1) is 7.08. The molecule has 0 spiro atoms. The first-order valence-electron chi connectivity index (χ1n) is 4.36. The van der Waals surface area contributed by atoms with Crippen LogP contribution >= 0.6 is 0 Å². The van der Waals surface area contributed by atoms with Crippen LogP contribution in [0.5, 0.6) is 0 Å². The summed E-state index contributed by atoms with van der Waals surface area (Å²) in [6, 6.07) is 6.94. The molecule has 1 aromatic rings. The molecule has 0 saturated heterocycles. The Kier molecular flexibility index (Phi) is 3.68. The van der Waals surface area contributed by atoms with Crippen molar-refractivity contribution in [2.24, 2.45) is 5.73 Å². The zero-order valence-electron chi connectivity index (χ0n) is 8.32. The van der Waals surface area contributed by atoms with Crippen molar-refractivity contribution in [3.8, 4) is 0 Å². The standard InChI is InChI=1S/C10H12N2O3/c1-7(13)12-9-4-2-8(3-5-9)6-15-10(11)14/h2-5H,6H2,1H3,(H2,11,14)(H,12,13). The molecule has 1 rings (SSSR count). The summed E-state index contributed by atoms with van der Waals surface area (Å²) in [6.45, 7) is 1.57. The summed E-state index contributed by atoms with van der Waals surface area (Å²) < 4.78 is 4.60. The third-order valence-electron chi connectivity index (χ3n) is 1.66. The molecule has 0 aliphatic carbocycles. The van der Waals surface area contributed by atoms with Gasteiger partial charge in [0, 0.05) is 12.6 Å². The van der Waals surface area contributed by atoms with Crippen LogP contribution in [-0.4, -0.2) is 12.0 Å². The van der Waals surface area contributed by atoms with Crippen LogP contribution in [0.15, 0.2) is 24.3 Å². The fraction of sp³-hybridized carbons (Fsp3) is 0.200. The van der Waals surface area contributed by atoms with Crippen molar-refractivity contribution in [1.29, 1.82) is 0 Å². The number of rotatable bonds is 3. The van der Waals surface area contributed by atoms with Gasteiger partial charge in [0.15, 0.2) is 0 Å². The first-order valence-corrected chi connectivity index (χ1v) is 4.36. The highest BCUT2D eigenvalue weighted by Gasteiger charge is 1.98. The maximum atomic E-state index is 10.7. The number of amides is 2. The lowest BCUT2D eigenvalue weighted by Crippen LogP contribution is -2.12. The Morgan fingerprint density at radius 2 is 1.93 bits per heavy atom. The summed E-state index contributed by atoms with van der Waals surface area (Å²) in [5.41, 5.74) is 6.33. The van der Waals surface area contributed by atoms with Gasteiger partial charge in [-0.3, -0.25) is 4.79 Å². The van der Waals surface area contributed by atoms with E-state index in [4.69, 9.17) is 5.73 Å². The lowest BCUT2D eigenvalue weighted by Gasteiger charge is -2.04. The number of hydrogen-bond acceptors (Lipinski definition) is 3. The lowest BCUT2D eigenvalue weighted by atomic mass is 10.2. The van der Waals surface area contributed by atoms with E-state index in [1.54, 1.807) is 24.3 Å². The highest BCUT2D eigenvalue weighted by Crippen LogP contribution is 2.10. The van der Waals surface area contributed by atoms with Gasteiger partial charge in [-0.2, -0.15) is 0 Å². The maximum absolute atomic E-state index is 10.7. The molecule has 0 fully saturated rings. The smallest absolute Gasteiger partial charge is 0.404 e. The van der Waals surface area contributed by atoms with Crippen LogP contribution in [0.1, 0.15) is 12.5 Å². The molecule has 0 radical (unpaired) electrons. The van der Waals surface area contributed by atoms with Crippen molar-refractivity contribution in [3.05, 3.63) is 29.8 Å². The number of benzene rings is 1. The molecule has 0 heterocycles. The molecule has 0 aliphatic heterocycles. The summed E-state index contributed by atoms with van der Waals surface area (Å²) in [5, 5.41) is 2.63. The predicted molar refractivity (Wildman–Crippen MR) is 55.1 cm³/mol. The van der Waals surface area contributed by atoms with Gasteiger partial charge in [-0.15, -0.1) is 0 Å². The summed E-state index contributed by atoms with van der Waals surface area (Å²) in [7, 11) is 0. The molecule has 0 atom stereocenters. The van der Waals surface area contributed by atoms with Crippen molar-refractivity contribution >= 4 is 17.7 Å². The molecule has 0 aromatic heterocycles. The molecule has 5 heteroatoms. The van der Waals surface area contributed by atoms with Crippen molar-refractivity contribution in [2.75, 3.05) is 5.32 Å². The summed E-state index contributed by atoms with van der Waals surface area (Å²) in [4.78, 5) is 21.0. The minimum Gasteiger partial charge on any atom is -0.445 e. The second kappa shape index (κ2) is 4.99. The second-order valence-electron chi connectivity index (χ2n) is 2.99. The Bertz CT molecular complexity index is 359. The number of hydrogen-bond donors (Lipinski definition) is 2. The Balaban J connectivity index is 2.56. The fourth-order valence-electron chi connectivity index (χ4n) is 1.04. The van der Waals surface area contributed by atoms with Crippen LogP contribution < -0.4 is 11.1 Å². The van der Waals surface area contributed by atoms with Crippen molar-refractivity contribution < 1.29 is 14.3 Å². The Labute approximate surface area is 87.2 Å². The van der Waals surface area contributed by atoms with Gasteiger partial charge < -0.3 is 15.8 Å². The molecular formula is C10H12N2O3. The van der Waals surface area contributed by atoms with Gasteiger partial charge in [-0.25, -0.2) is 4.79 Å². The highest BCUT2D eigenvalue weighted by molar-refractivity contribution is 5.88. The van der Waals surface area contributed by atoms with Gasteiger partial charge in [0.05, 0.1) is 0 Å². The number of ether oxygens (including phenoxy) is 1. The van der Waals surface area contributed by atoms with E-state index in [1.807, 2.05) is 0 Å². The molecule has 2 amide bonds. The topological polar surface area (TPSA) is 81.4 Å². The van der Waals surface area contributed by atoms with E-state index < -0.39 is 6.09 Å². The number of carbonyl (C=O) groups is 2. The van der Waals surface area contributed by atoms with Gasteiger partial charge in [0.1, 0.15) is 6.61 Å². The average Bonchev–Trinajstić information content (AvgIpc) is 2.16. The van der Waals surface area contributed by atoms with E-state index in [-0.39, 0.29) is 12.5 Å². The SMILES string of the molecule is CC(=O)Nc1ccc(COC(N)=O)cc1. The number of nitrogens with one attached hydrogen (secondary N) is 1. The largest absolute Gasteiger partial charge is 0.445 e. The molecule has 0 aliphatic rings. The molecule has 3 N–H and O–H groups in total. The Morgan fingerprint density at radius 3 is 2.40 bits per heavy atom. The van der Waals surface area contributed by atoms with Gasteiger partial charge in [-0.05, 0) is 17.7 Å². The fourth-order valence-corrected chi connectivity index (χ4v) is 1.04. The molecule has 1 aromatic carbocycles. The highest BCUT2D eigenvalue weighted by atomic mass is 16.5. The third kappa shape index (κ3) is 4.12. The first kappa shape index (κ1) is 11.0. The summed E-state index contributed by atoms with van der Waals surface area (Å²) in [6.07, 6.45) is -0.805. The Hall–Kier alpha value is -2.04. The second-order valence-corrected chi connectivity index (χ2v) is 2.99. The predicted octanol–water partition coefficient (Wildman–Crippen LogP) is 1.24. The lowest BCUT2D eigenvalue weighted by molar-refractivity contribution is -0.114. The normalized spacial score (nSPS) is 9.40. The van der Waals surface area contributed by atoms with E-state index >= 15 is 0 Å². The van der Waals surface area contributed by atoms with Crippen LogP contribution in [0, 0.1) is 0 Å². The molecule has 0 saturated carbocycles. The average molecular weight is 208 g/mol. The van der Waals surface area contributed by atoms with Crippen LogP contribution in [0.3, 0.4) is 0 Å². The molecular weight excluding hydrogens is 196 g/mol. The van der Waals surface area contributed by atoms with Crippen LogP contribution in [-0.2, 0) is 16.1 Å². The Morgan fingerprint density at radius 1 is 1.33 bits per heavy atom. The maximum Gasteiger partial charge on any atom is 0.404 e. The number of nitrogens with two attached hydrogens (primary N) is 1. The van der Waals surface area contributed by atoms with E-state index in [0.717, 1.165) is 5.56 Å². The van der Waals surface area contributed by atoms with Crippen LogP contribution in [0.2, 0.25) is 0 Å². The van der Waals surface area contributed by atoms with Gasteiger partial charge >= 0.3 is 6.09 Å². The van der Waals surface area contributed by atoms with Crippen LogP contribution in [0.25, 0.3) is 0 Å². The van der Waals surface area contributed by atoms with E-state index in [0.29, 0.717) is 5.69 Å².